The van der Waals surface area contributed by atoms with Gasteiger partial charge < -0.3 is 5.32 Å². The average molecular weight is 276 g/mol. The fraction of sp³-hybridized carbons (Fsp3) is 0.500. The van der Waals surface area contributed by atoms with E-state index in [0.29, 0.717) is 17.6 Å². The van der Waals surface area contributed by atoms with E-state index in [4.69, 9.17) is 11.6 Å². The van der Waals surface area contributed by atoms with Crippen LogP contribution in [-0.4, -0.2) is 21.8 Å². The van der Waals surface area contributed by atoms with Crippen LogP contribution in [0.25, 0.3) is 0 Å². The zero-order valence-corrected chi connectivity index (χ0v) is 11.0. The van der Waals surface area contributed by atoms with Crippen molar-refractivity contribution >= 4 is 22.4 Å². The van der Waals surface area contributed by atoms with Gasteiger partial charge in [0.1, 0.15) is 5.82 Å². The molecule has 2 nitrogen and oxygen atoms in total. The van der Waals surface area contributed by atoms with Crippen LogP contribution in [0.4, 0.5) is 4.39 Å². The van der Waals surface area contributed by atoms with Crippen molar-refractivity contribution < 1.29 is 8.60 Å². The lowest BCUT2D eigenvalue weighted by Gasteiger charge is -2.22. The number of nitrogens with one attached hydrogen (secondary N) is 1. The molecule has 1 saturated heterocycles. The molecule has 1 N–H and O–H groups in total. The van der Waals surface area contributed by atoms with E-state index in [2.05, 4.69) is 5.32 Å². The van der Waals surface area contributed by atoms with Crippen LogP contribution in [0.1, 0.15) is 18.4 Å². The standard InChI is InChI=1S/C12H15ClFNOS/c13-12-7-10(14)2-1-9(12)8-15-11-3-5-17(16)6-4-11/h1-2,7,11,15H,3-6,8H2. The Morgan fingerprint density at radius 2 is 2.12 bits per heavy atom. The molecule has 1 fully saturated rings. The van der Waals surface area contributed by atoms with Crippen molar-refractivity contribution in [1.82, 2.24) is 5.32 Å². The summed E-state index contributed by atoms with van der Waals surface area (Å²) < 4.78 is 24.0. The SMILES string of the molecule is O=S1CCC(NCc2ccc(F)cc2Cl)CC1. The van der Waals surface area contributed by atoms with Crippen molar-refractivity contribution in [2.24, 2.45) is 0 Å². The predicted octanol–water partition coefficient (Wildman–Crippen LogP) is 2.48. The number of hydrogen-bond donors (Lipinski definition) is 1. The minimum Gasteiger partial charge on any atom is -0.310 e. The Hall–Kier alpha value is -0.450. The number of benzene rings is 1. The van der Waals surface area contributed by atoms with Crippen LogP contribution < -0.4 is 5.32 Å². The molecule has 1 aliphatic rings. The van der Waals surface area contributed by atoms with Crippen LogP contribution in [0.15, 0.2) is 18.2 Å². The van der Waals surface area contributed by atoms with Gasteiger partial charge in [0.2, 0.25) is 0 Å². The summed E-state index contributed by atoms with van der Waals surface area (Å²) >= 11 is 5.94. The molecule has 5 heteroatoms. The Morgan fingerprint density at radius 3 is 2.76 bits per heavy atom. The third kappa shape index (κ3) is 3.76. The summed E-state index contributed by atoms with van der Waals surface area (Å²) in [6, 6.07) is 4.84. The van der Waals surface area contributed by atoms with E-state index in [1.54, 1.807) is 6.07 Å². The first kappa shape index (κ1) is 13.0. The fourth-order valence-corrected chi connectivity index (χ4v) is 3.45. The first-order valence-corrected chi connectivity index (χ1v) is 7.54. The van der Waals surface area contributed by atoms with Gasteiger partial charge >= 0.3 is 0 Å². The first-order valence-electron chi connectivity index (χ1n) is 5.67. The van der Waals surface area contributed by atoms with Gasteiger partial charge in [-0.15, -0.1) is 0 Å². The molecule has 0 aliphatic carbocycles. The predicted molar refractivity (Wildman–Crippen MR) is 69.1 cm³/mol. The minimum atomic E-state index is -0.632. The molecule has 0 aromatic heterocycles. The van der Waals surface area contributed by atoms with Gasteiger partial charge in [-0.25, -0.2) is 4.39 Å². The summed E-state index contributed by atoms with van der Waals surface area (Å²) in [6.07, 6.45) is 1.87. The Bertz CT molecular complexity index is 417. The molecule has 17 heavy (non-hydrogen) atoms. The van der Waals surface area contributed by atoms with E-state index in [0.717, 1.165) is 29.9 Å². The summed E-state index contributed by atoms with van der Waals surface area (Å²) in [5, 5.41) is 3.83. The van der Waals surface area contributed by atoms with Gasteiger partial charge in [-0.2, -0.15) is 0 Å². The summed E-state index contributed by atoms with van der Waals surface area (Å²) in [7, 11) is -0.632. The molecule has 1 aliphatic heterocycles. The van der Waals surface area contributed by atoms with Crippen LogP contribution in [0.5, 0.6) is 0 Å². The lowest BCUT2D eigenvalue weighted by atomic mass is 10.1. The second-order valence-electron chi connectivity index (χ2n) is 4.24. The van der Waals surface area contributed by atoms with Crippen LogP contribution in [0.3, 0.4) is 0 Å². The summed E-state index contributed by atoms with van der Waals surface area (Å²) in [5.74, 6) is 1.23. The van der Waals surface area contributed by atoms with Gasteiger partial charge in [-0.3, -0.25) is 4.21 Å². The van der Waals surface area contributed by atoms with E-state index in [-0.39, 0.29) is 5.82 Å². The van der Waals surface area contributed by atoms with Gasteiger partial charge in [-0.1, -0.05) is 17.7 Å². The van der Waals surface area contributed by atoms with Crippen LogP contribution in [-0.2, 0) is 17.3 Å². The highest BCUT2D eigenvalue weighted by Crippen LogP contribution is 2.18. The number of rotatable bonds is 3. The molecule has 0 radical (unpaired) electrons. The normalized spacial score (nSPS) is 24.8. The Morgan fingerprint density at radius 1 is 1.41 bits per heavy atom. The highest BCUT2D eigenvalue weighted by molar-refractivity contribution is 7.85. The second-order valence-corrected chi connectivity index (χ2v) is 6.34. The van der Waals surface area contributed by atoms with Crippen molar-refractivity contribution in [2.45, 2.75) is 25.4 Å². The highest BCUT2D eigenvalue weighted by Gasteiger charge is 2.17. The molecular formula is C12H15ClFNOS. The maximum Gasteiger partial charge on any atom is 0.124 e. The monoisotopic (exact) mass is 275 g/mol. The van der Waals surface area contributed by atoms with Gasteiger partial charge in [0.05, 0.1) is 0 Å². The first-order chi connectivity index (χ1) is 8.15. The number of hydrogen-bond acceptors (Lipinski definition) is 2. The van der Waals surface area contributed by atoms with Crippen molar-refractivity contribution in [3.63, 3.8) is 0 Å². The maximum atomic E-state index is 12.8. The second kappa shape index (κ2) is 5.94. The molecule has 2 rings (SSSR count). The third-order valence-corrected chi connectivity index (χ3v) is 4.72. The molecule has 94 valence electrons. The summed E-state index contributed by atoms with van der Waals surface area (Å²) in [5.41, 5.74) is 0.903. The topological polar surface area (TPSA) is 29.1 Å². The summed E-state index contributed by atoms with van der Waals surface area (Å²) in [6.45, 7) is 0.635. The molecule has 0 unspecified atom stereocenters. The van der Waals surface area contributed by atoms with Gasteiger partial charge in [0.15, 0.2) is 0 Å². The zero-order valence-electron chi connectivity index (χ0n) is 9.42. The van der Waals surface area contributed by atoms with Gasteiger partial charge in [0, 0.05) is 39.9 Å². The minimum absolute atomic E-state index is 0.313. The van der Waals surface area contributed by atoms with Crippen molar-refractivity contribution in [3.8, 4) is 0 Å². The van der Waals surface area contributed by atoms with E-state index in [9.17, 15) is 8.60 Å². The smallest absolute Gasteiger partial charge is 0.124 e. The van der Waals surface area contributed by atoms with Crippen LogP contribution >= 0.6 is 11.6 Å². The molecule has 1 aromatic rings. The molecule has 0 bridgehead atoms. The molecule has 0 atom stereocenters. The van der Waals surface area contributed by atoms with Gasteiger partial charge in [-0.05, 0) is 30.5 Å². The Balaban J connectivity index is 1.87. The van der Waals surface area contributed by atoms with Crippen molar-refractivity contribution in [1.29, 1.82) is 0 Å². The van der Waals surface area contributed by atoms with E-state index in [1.165, 1.54) is 12.1 Å². The van der Waals surface area contributed by atoms with E-state index < -0.39 is 10.8 Å². The lowest BCUT2D eigenvalue weighted by Crippen LogP contribution is -2.35. The molecule has 1 heterocycles. The molecule has 1 aromatic carbocycles. The number of halogens is 2. The molecule has 0 amide bonds. The Labute approximate surface area is 108 Å². The quantitative estimate of drug-likeness (QED) is 0.918. The third-order valence-electron chi connectivity index (χ3n) is 2.98. The average Bonchev–Trinajstić information content (AvgIpc) is 2.30. The van der Waals surface area contributed by atoms with Crippen LogP contribution in [0.2, 0.25) is 5.02 Å². The molecule has 0 saturated carbocycles. The zero-order chi connectivity index (χ0) is 12.3. The fourth-order valence-electron chi connectivity index (χ4n) is 1.92. The largest absolute Gasteiger partial charge is 0.310 e. The van der Waals surface area contributed by atoms with Crippen molar-refractivity contribution in [3.05, 3.63) is 34.6 Å². The Kier molecular flexibility index (Phi) is 4.54. The highest BCUT2D eigenvalue weighted by atomic mass is 35.5. The maximum absolute atomic E-state index is 12.8. The van der Waals surface area contributed by atoms with Crippen molar-refractivity contribution in [2.75, 3.05) is 11.5 Å². The summed E-state index contributed by atoms with van der Waals surface area (Å²) in [4.78, 5) is 0. The molecular weight excluding hydrogens is 261 g/mol. The molecule has 0 spiro atoms. The lowest BCUT2D eigenvalue weighted by molar-refractivity contribution is 0.475. The van der Waals surface area contributed by atoms with Crippen LogP contribution in [0, 0.1) is 5.82 Å². The van der Waals surface area contributed by atoms with E-state index in [1.807, 2.05) is 0 Å². The van der Waals surface area contributed by atoms with Gasteiger partial charge in [0.25, 0.3) is 0 Å². The van der Waals surface area contributed by atoms with E-state index >= 15 is 0 Å².